The molecule has 0 aliphatic heterocycles. The minimum Gasteiger partial charge on any atom is -0.362 e. The maximum atomic E-state index is 12.3. The molecule has 2 heteroatoms. The lowest BCUT2D eigenvalue weighted by Gasteiger charge is -2.36. The van der Waals surface area contributed by atoms with Crippen LogP contribution in [0.25, 0.3) is 0 Å². The number of hydrogen-bond acceptors (Lipinski definition) is 2. The van der Waals surface area contributed by atoms with Gasteiger partial charge in [-0.2, -0.15) is 0 Å². The summed E-state index contributed by atoms with van der Waals surface area (Å²) in [4.78, 5) is 14.5. The Hall–Kier alpha value is -1.31. The fraction of sp³-hybridized carbons (Fsp3) is 0.533. The summed E-state index contributed by atoms with van der Waals surface area (Å²) in [5.41, 5.74) is 1.17. The lowest BCUT2D eigenvalue weighted by Crippen LogP contribution is -2.45. The Kier molecular flexibility index (Phi) is 3.82. The fourth-order valence-corrected chi connectivity index (χ4v) is 2.74. The first-order chi connectivity index (χ1) is 8.24. The van der Waals surface area contributed by atoms with Crippen molar-refractivity contribution in [1.82, 2.24) is 0 Å². The Labute approximate surface area is 104 Å². The zero-order chi connectivity index (χ0) is 12.3. The van der Waals surface area contributed by atoms with Crippen LogP contribution in [0.2, 0.25) is 0 Å². The van der Waals surface area contributed by atoms with Crippen molar-refractivity contribution < 1.29 is 4.79 Å². The largest absolute Gasteiger partial charge is 0.362 e. The first-order valence-corrected chi connectivity index (χ1v) is 6.59. The second kappa shape index (κ2) is 5.35. The molecule has 1 aromatic rings. The van der Waals surface area contributed by atoms with Crippen molar-refractivity contribution >= 4 is 11.5 Å². The predicted molar refractivity (Wildman–Crippen MR) is 71.3 cm³/mol. The number of hydrogen-bond donors (Lipinski definition) is 0. The molecule has 2 atom stereocenters. The van der Waals surface area contributed by atoms with Gasteiger partial charge in [-0.1, -0.05) is 31.5 Å². The van der Waals surface area contributed by atoms with E-state index in [1.54, 1.807) is 0 Å². The topological polar surface area (TPSA) is 20.3 Å². The second-order valence-electron chi connectivity index (χ2n) is 4.87. The standard InChI is InChI=1S/C15H21NO/c1-3-16(13-9-5-4-6-10-13)14-11-7-8-12(2)15(14)17/h4-6,9-10,12,14H,3,7-8,11H2,1-2H3. The predicted octanol–water partition coefficient (Wildman–Crippen LogP) is 3.27. The third-order valence-electron chi connectivity index (χ3n) is 3.73. The average molecular weight is 231 g/mol. The summed E-state index contributed by atoms with van der Waals surface area (Å²) in [5, 5.41) is 0. The quantitative estimate of drug-likeness (QED) is 0.795. The molecule has 1 aliphatic carbocycles. The summed E-state index contributed by atoms with van der Waals surface area (Å²) >= 11 is 0. The summed E-state index contributed by atoms with van der Waals surface area (Å²) < 4.78 is 0. The molecule has 2 unspecified atom stereocenters. The summed E-state index contributed by atoms with van der Waals surface area (Å²) in [5.74, 6) is 0.647. The monoisotopic (exact) mass is 231 g/mol. The van der Waals surface area contributed by atoms with E-state index in [0.29, 0.717) is 5.78 Å². The molecule has 0 N–H and O–H groups in total. The average Bonchev–Trinajstić information content (AvgIpc) is 2.37. The molecule has 0 aromatic heterocycles. The summed E-state index contributed by atoms with van der Waals surface area (Å²) in [7, 11) is 0. The van der Waals surface area contributed by atoms with Gasteiger partial charge in [0.2, 0.25) is 0 Å². The number of para-hydroxylation sites is 1. The van der Waals surface area contributed by atoms with Gasteiger partial charge in [0.25, 0.3) is 0 Å². The molecule has 17 heavy (non-hydrogen) atoms. The van der Waals surface area contributed by atoms with Gasteiger partial charge in [-0.05, 0) is 31.9 Å². The number of Topliss-reactive ketones (excluding diaryl/α,β-unsaturated/α-hetero) is 1. The van der Waals surface area contributed by atoms with Gasteiger partial charge in [-0.3, -0.25) is 4.79 Å². The summed E-state index contributed by atoms with van der Waals surface area (Å²) in [6.45, 7) is 5.08. The Morgan fingerprint density at radius 2 is 1.94 bits per heavy atom. The highest BCUT2D eigenvalue weighted by Crippen LogP contribution is 2.27. The molecule has 92 valence electrons. The zero-order valence-corrected chi connectivity index (χ0v) is 10.7. The van der Waals surface area contributed by atoms with Gasteiger partial charge < -0.3 is 4.90 Å². The smallest absolute Gasteiger partial charge is 0.158 e. The molecule has 0 spiro atoms. The number of likely N-dealkylation sites (N-methyl/N-ethyl adjacent to an activating group) is 1. The molecule has 0 saturated heterocycles. The highest BCUT2D eigenvalue weighted by Gasteiger charge is 2.32. The molecule has 1 fully saturated rings. The Morgan fingerprint density at radius 1 is 1.24 bits per heavy atom. The van der Waals surface area contributed by atoms with Crippen LogP contribution in [-0.4, -0.2) is 18.4 Å². The van der Waals surface area contributed by atoms with E-state index < -0.39 is 0 Å². The van der Waals surface area contributed by atoms with Gasteiger partial charge in [0.1, 0.15) is 0 Å². The van der Waals surface area contributed by atoms with Gasteiger partial charge in [-0.25, -0.2) is 0 Å². The van der Waals surface area contributed by atoms with Gasteiger partial charge in [0.15, 0.2) is 5.78 Å². The maximum absolute atomic E-state index is 12.3. The number of carbonyl (C=O) groups excluding carboxylic acids is 1. The van der Waals surface area contributed by atoms with E-state index in [1.807, 2.05) is 18.2 Å². The van der Waals surface area contributed by atoms with Crippen LogP contribution in [-0.2, 0) is 4.79 Å². The molecule has 1 saturated carbocycles. The molecule has 1 aliphatic rings. The van der Waals surface area contributed by atoms with E-state index in [0.717, 1.165) is 19.4 Å². The first kappa shape index (κ1) is 12.2. The van der Waals surface area contributed by atoms with Gasteiger partial charge in [0, 0.05) is 18.2 Å². The van der Waals surface area contributed by atoms with Crippen LogP contribution in [0.3, 0.4) is 0 Å². The Morgan fingerprint density at radius 3 is 2.59 bits per heavy atom. The maximum Gasteiger partial charge on any atom is 0.158 e. The third kappa shape index (κ3) is 2.51. The van der Waals surface area contributed by atoms with Crippen LogP contribution in [0, 0.1) is 5.92 Å². The summed E-state index contributed by atoms with van der Waals surface area (Å²) in [6, 6.07) is 10.4. The summed E-state index contributed by atoms with van der Waals surface area (Å²) in [6.07, 6.45) is 3.23. The molecule has 0 amide bonds. The van der Waals surface area contributed by atoms with E-state index in [-0.39, 0.29) is 12.0 Å². The van der Waals surface area contributed by atoms with Crippen LogP contribution >= 0.6 is 0 Å². The lowest BCUT2D eigenvalue weighted by atomic mass is 9.84. The number of ketones is 1. The van der Waals surface area contributed by atoms with Crippen molar-refractivity contribution in [3.8, 4) is 0 Å². The minimum absolute atomic E-state index is 0.0890. The molecule has 2 nitrogen and oxygen atoms in total. The van der Waals surface area contributed by atoms with Gasteiger partial charge in [0.05, 0.1) is 6.04 Å². The van der Waals surface area contributed by atoms with Crippen molar-refractivity contribution in [1.29, 1.82) is 0 Å². The van der Waals surface area contributed by atoms with Crippen LogP contribution in [0.5, 0.6) is 0 Å². The fourth-order valence-electron chi connectivity index (χ4n) is 2.74. The van der Waals surface area contributed by atoms with Crippen LogP contribution < -0.4 is 4.90 Å². The molecule has 1 aromatic carbocycles. The second-order valence-corrected chi connectivity index (χ2v) is 4.87. The van der Waals surface area contributed by atoms with E-state index in [9.17, 15) is 4.79 Å². The van der Waals surface area contributed by atoms with E-state index >= 15 is 0 Å². The SMILES string of the molecule is CCN(c1ccccc1)C1CCCC(C)C1=O. The molecule has 0 heterocycles. The number of benzene rings is 1. The zero-order valence-electron chi connectivity index (χ0n) is 10.7. The highest BCUT2D eigenvalue weighted by molar-refractivity contribution is 5.89. The molecular formula is C15H21NO. The molecular weight excluding hydrogens is 210 g/mol. The van der Waals surface area contributed by atoms with Gasteiger partial charge >= 0.3 is 0 Å². The van der Waals surface area contributed by atoms with Crippen LogP contribution in [0.4, 0.5) is 5.69 Å². The van der Waals surface area contributed by atoms with E-state index in [4.69, 9.17) is 0 Å². The number of rotatable bonds is 3. The minimum atomic E-state index is 0.0890. The Bertz CT molecular complexity index is 374. The van der Waals surface area contributed by atoms with E-state index in [2.05, 4.69) is 30.9 Å². The third-order valence-corrected chi connectivity index (χ3v) is 3.73. The van der Waals surface area contributed by atoms with Crippen molar-refractivity contribution in [2.75, 3.05) is 11.4 Å². The first-order valence-electron chi connectivity index (χ1n) is 6.59. The number of nitrogens with zero attached hydrogens (tertiary/aromatic N) is 1. The molecule has 0 bridgehead atoms. The normalized spacial score (nSPS) is 24.7. The van der Waals surface area contributed by atoms with Crippen LogP contribution in [0.1, 0.15) is 33.1 Å². The van der Waals surface area contributed by atoms with Crippen molar-refractivity contribution in [2.24, 2.45) is 5.92 Å². The number of anilines is 1. The molecule has 2 rings (SSSR count). The number of carbonyl (C=O) groups is 1. The van der Waals surface area contributed by atoms with E-state index in [1.165, 1.54) is 12.1 Å². The Balaban J connectivity index is 2.21. The van der Waals surface area contributed by atoms with Crippen LogP contribution in [0.15, 0.2) is 30.3 Å². The highest BCUT2D eigenvalue weighted by atomic mass is 16.1. The van der Waals surface area contributed by atoms with Crippen molar-refractivity contribution in [3.05, 3.63) is 30.3 Å². The lowest BCUT2D eigenvalue weighted by molar-refractivity contribution is -0.125. The van der Waals surface area contributed by atoms with Gasteiger partial charge in [-0.15, -0.1) is 0 Å². The van der Waals surface area contributed by atoms with Crippen molar-refractivity contribution in [2.45, 2.75) is 39.2 Å². The van der Waals surface area contributed by atoms with Crippen molar-refractivity contribution in [3.63, 3.8) is 0 Å². The molecule has 0 radical (unpaired) electrons.